The Morgan fingerprint density at radius 3 is 2.80 bits per heavy atom. The SMILES string of the molecule is CCn1nnc2cc(C(=O)N3CCCC3c3ccc(Cl)cc3)ccc21. The highest BCUT2D eigenvalue weighted by atomic mass is 35.5. The van der Waals surface area contributed by atoms with Crippen molar-refractivity contribution in [2.45, 2.75) is 32.4 Å². The van der Waals surface area contributed by atoms with E-state index >= 15 is 0 Å². The fraction of sp³-hybridized carbons (Fsp3) is 0.316. The van der Waals surface area contributed by atoms with Crippen molar-refractivity contribution >= 4 is 28.5 Å². The van der Waals surface area contributed by atoms with Crippen LogP contribution in [0.2, 0.25) is 5.02 Å². The number of carbonyl (C=O) groups excluding carboxylic acids is 1. The molecule has 25 heavy (non-hydrogen) atoms. The molecule has 1 amide bonds. The van der Waals surface area contributed by atoms with Gasteiger partial charge < -0.3 is 4.90 Å². The third-order valence-electron chi connectivity index (χ3n) is 4.83. The Hall–Kier alpha value is -2.40. The van der Waals surface area contributed by atoms with Crippen LogP contribution >= 0.6 is 11.6 Å². The summed E-state index contributed by atoms with van der Waals surface area (Å²) < 4.78 is 1.83. The molecule has 0 spiro atoms. The zero-order valence-corrected chi connectivity index (χ0v) is 14.8. The van der Waals surface area contributed by atoms with Crippen LogP contribution in [-0.4, -0.2) is 32.3 Å². The second-order valence-corrected chi connectivity index (χ2v) is 6.75. The van der Waals surface area contributed by atoms with Gasteiger partial charge in [-0.25, -0.2) is 4.68 Å². The summed E-state index contributed by atoms with van der Waals surface area (Å²) in [5.41, 5.74) is 3.51. The molecule has 4 rings (SSSR count). The van der Waals surface area contributed by atoms with E-state index in [9.17, 15) is 4.79 Å². The van der Waals surface area contributed by atoms with Crippen molar-refractivity contribution in [3.63, 3.8) is 0 Å². The van der Waals surface area contributed by atoms with Crippen molar-refractivity contribution in [3.05, 3.63) is 58.6 Å². The smallest absolute Gasteiger partial charge is 0.254 e. The highest BCUT2D eigenvalue weighted by molar-refractivity contribution is 6.30. The van der Waals surface area contributed by atoms with Crippen molar-refractivity contribution < 1.29 is 4.79 Å². The van der Waals surface area contributed by atoms with E-state index in [0.29, 0.717) is 10.6 Å². The number of fused-ring (bicyclic) bond motifs is 1. The number of amides is 1. The van der Waals surface area contributed by atoms with E-state index in [0.717, 1.165) is 42.5 Å². The van der Waals surface area contributed by atoms with Crippen LogP contribution in [0.1, 0.15) is 41.7 Å². The fourth-order valence-electron chi connectivity index (χ4n) is 3.55. The third-order valence-corrected chi connectivity index (χ3v) is 5.08. The van der Waals surface area contributed by atoms with Gasteiger partial charge in [-0.1, -0.05) is 28.9 Å². The van der Waals surface area contributed by atoms with E-state index in [-0.39, 0.29) is 11.9 Å². The Morgan fingerprint density at radius 1 is 1.24 bits per heavy atom. The monoisotopic (exact) mass is 354 g/mol. The molecule has 2 heterocycles. The number of aryl methyl sites for hydroxylation is 1. The Morgan fingerprint density at radius 2 is 2.04 bits per heavy atom. The predicted molar refractivity (Wildman–Crippen MR) is 97.7 cm³/mol. The van der Waals surface area contributed by atoms with Crippen LogP contribution in [-0.2, 0) is 6.54 Å². The molecular weight excluding hydrogens is 336 g/mol. The van der Waals surface area contributed by atoms with Crippen molar-refractivity contribution in [1.29, 1.82) is 0 Å². The van der Waals surface area contributed by atoms with Crippen LogP contribution < -0.4 is 0 Å². The number of benzene rings is 2. The van der Waals surface area contributed by atoms with Crippen LogP contribution in [0.5, 0.6) is 0 Å². The predicted octanol–water partition coefficient (Wildman–Crippen LogP) is 4.08. The van der Waals surface area contributed by atoms with Crippen molar-refractivity contribution in [2.24, 2.45) is 0 Å². The second-order valence-electron chi connectivity index (χ2n) is 6.32. The van der Waals surface area contributed by atoms with E-state index in [1.54, 1.807) is 0 Å². The molecule has 6 heteroatoms. The second kappa shape index (κ2) is 6.48. The van der Waals surface area contributed by atoms with Gasteiger partial charge in [-0.3, -0.25) is 4.79 Å². The number of halogens is 1. The largest absolute Gasteiger partial charge is 0.332 e. The first kappa shape index (κ1) is 16.1. The zero-order valence-electron chi connectivity index (χ0n) is 14.0. The molecule has 1 unspecified atom stereocenters. The fourth-order valence-corrected chi connectivity index (χ4v) is 3.67. The minimum Gasteiger partial charge on any atom is -0.332 e. The lowest BCUT2D eigenvalue weighted by Gasteiger charge is -2.25. The summed E-state index contributed by atoms with van der Waals surface area (Å²) in [6, 6.07) is 13.5. The van der Waals surface area contributed by atoms with Gasteiger partial charge in [-0.15, -0.1) is 5.10 Å². The topological polar surface area (TPSA) is 51.0 Å². The molecule has 1 saturated heterocycles. The molecule has 1 aliphatic heterocycles. The first-order valence-corrected chi connectivity index (χ1v) is 8.95. The van der Waals surface area contributed by atoms with Gasteiger partial charge in [0.15, 0.2) is 0 Å². The van der Waals surface area contributed by atoms with Crippen molar-refractivity contribution in [1.82, 2.24) is 19.9 Å². The standard InChI is InChI=1S/C19H19ClN4O/c1-2-24-18-10-7-14(12-16(18)21-22-24)19(25)23-11-3-4-17(23)13-5-8-15(20)9-6-13/h5-10,12,17H,2-4,11H2,1H3. The molecule has 1 fully saturated rings. The number of nitrogens with zero attached hydrogens (tertiary/aromatic N) is 4. The minimum absolute atomic E-state index is 0.0467. The number of likely N-dealkylation sites (tertiary alicyclic amines) is 1. The summed E-state index contributed by atoms with van der Waals surface area (Å²) >= 11 is 5.99. The van der Waals surface area contributed by atoms with Crippen LogP contribution in [0.25, 0.3) is 11.0 Å². The summed E-state index contributed by atoms with van der Waals surface area (Å²) in [5, 5.41) is 9.00. The number of aromatic nitrogens is 3. The Bertz CT molecular complexity index is 919. The van der Waals surface area contributed by atoms with E-state index in [1.165, 1.54) is 0 Å². The molecular formula is C19H19ClN4O. The van der Waals surface area contributed by atoms with E-state index in [1.807, 2.05) is 59.0 Å². The molecule has 0 bridgehead atoms. The molecule has 5 nitrogen and oxygen atoms in total. The average molecular weight is 355 g/mol. The molecule has 0 saturated carbocycles. The van der Waals surface area contributed by atoms with Gasteiger partial charge >= 0.3 is 0 Å². The van der Waals surface area contributed by atoms with Gasteiger partial charge in [0.25, 0.3) is 5.91 Å². The lowest BCUT2D eigenvalue weighted by molar-refractivity contribution is 0.0736. The van der Waals surface area contributed by atoms with Gasteiger partial charge in [0.05, 0.1) is 11.6 Å². The summed E-state index contributed by atoms with van der Waals surface area (Å²) in [5.74, 6) is 0.0467. The van der Waals surface area contributed by atoms with Crippen LogP contribution in [0, 0.1) is 0 Å². The molecule has 0 aliphatic carbocycles. The van der Waals surface area contributed by atoms with Crippen LogP contribution in [0.15, 0.2) is 42.5 Å². The van der Waals surface area contributed by atoms with Gasteiger partial charge in [0.2, 0.25) is 0 Å². The minimum atomic E-state index is 0.0467. The molecule has 1 aromatic heterocycles. The maximum atomic E-state index is 13.1. The normalized spacial score (nSPS) is 17.4. The summed E-state index contributed by atoms with van der Waals surface area (Å²) in [6.07, 6.45) is 1.98. The highest BCUT2D eigenvalue weighted by Crippen LogP contribution is 2.33. The molecule has 3 aromatic rings. The summed E-state index contributed by atoms with van der Waals surface area (Å²) in [7, 11) is 0. The van der Waals surface area contributed by atoms with Crippen molar-refractivity contribution in [3.8, 4) is 0 Å². The molecule has 2 aromatic carbocycles. The van der Waals surface area contributed by atoms with E-state index in [4.69, 9.17) is 11.6 Å². The number of carbonyl (C=O) groups is 1. The summed E-state index contributed by atoms with van der Waals surface area (Å²) in [6.45, 7) is 3.55. The van der Waals surface area contributed by atoms with Crippen LogP contribution in [0.4, 0.5) is 0 Å². The van der Waals surface area contributed by atoms with Gasteiger partial charge in [-0.2, -0.15) is 0 Å². The quantitative estimate of drug-likeness (QED) is 0.712. The Kier molecular flexibility index (Phi) is 4.17. The van der Waals surface area contributed by atoms with Crippen LogP contribution in [0.3, 0.4) is 0 Å². The van der Waals surface area contributed by atoms with E-state index < -0.39 is 0 Å². The van der Waals surface area contributed by atoms with Crippen molar-refractivity contribution in [2.75, 3.05) is 6.54 Å². The maximum Gasteiger partial charge on any atom is 0.254 e. The number of rotatable bonds is 3. The highest BCUT2D eigenvalue weighted by Gasteiger charge is 2.30. The first-order valence-electron chi connectivity index (χ1n) is 8.57. The first-order chi connectivity index (χ1) is 12.2. The molecule has 0 radical (unpaired) electrons. The van der Waals surface area contributed by atoms with Gasteiger partial charge in [0.1, 0.15) is 5.52 Å². The molecule has 0 N–H and O–H groups in total. The van der Waals surface area contributed by atoms with E-state index in [2.05, 4.69) is 10.3 Å². The Labute approximate surface area is 151 Å². The van der Waals surface area contributed by atoms with Gasteiger partial charge in [-0.05, 0) is 55.7 Å². The third kappa shape index (κ3) is 2.89. The molecule has 128 valence electrons. The zero-order chi connectivity index (χ0) is 17.4. The number of hydrogen-bond acceptors (Lipinski definition) is 3. The molecule has 1 atom stereocenters. The van der Waals surface area contributed by atoms with Gasteiger partial charge in [0, 0.05) is 23.7 Å². The lowest BCUT2D eigenvalue weighted by atomic mass is 10.0. The summed E-state index contributed by atoms with van der Waals surface area (Å²) in [4.78, 5) is 15.0. The Balaban J connectivity index is 1.64. The molecule has 1 aliphatic rings. The number of hydrogen-bond donors (Lipinski definition) is 0. The maximum absolute atomic E-state index is 13.1. The average Bonchev–Trinajstić information content (AvgIpc) is 3.28. The lowest BCUT2D eigenvalue weighted by Crippen LogP contribution is -2.30.